The Balaban J connectivity index is 1.78. The molecule has 114 valence electrons. The molecule has 0 bridgehead atoms. The van der Waals surface area contributed by atoms with Crippen molar-refractivity contribution in [1.82, 2.24) is 24.7 Å². The van der Waals surface area contributed by atoms with E-state index in [0.717, 1.165) is 28.2 Å². The smallest absolute Gasteiger partial charge is 0.258 e. The van der Waals surface area contributed by atoms with E-state index in [2.05, 4.69) is 33.3 Å². The number of aromatic nitrogens is 5. The molecule has 0 amide bonds. The second-order valence-corrected chi connectivity index (χ2v) is 5.63. The molecule has 3 aromatic heterocycles. The minimum Gasteiger partial charge on any atom is -0.334 e. The fourth-order valence-electron chi connectivity index (χ4n) is 2.64. The van der Waals surface area contributed by atoms with Crippen molar-refractivity contribution in [1.29, 1.82) is 0 Å². The predicted octanol–water partition coefficient (Wildman–Crippen LogP) is 3.37. The number of nitrogens with zero attached hydrogens (tertiary/aromatic N) is 5. The van der Waals surface area contributed by atoms with Crippen LogP contribution in [0.5, 0.6) is 0 Å². The minimum atomic E-state index is 0.526. The maximum absolute atomic E-state index is 5.45. The molecule has 4 rings (SSSR count). The molecule has 0 atom stereocenters. The van der Waals surface area contributed by atoms with Gasteiger partial charge >= 0.3 is 0 Å². The van der Waals surface area contributed by atoms with Crippen LogP contribution in [0.2, 0.25) is 0 Å². The lowest BCUT2D eigenvalue weighted by molar-refractivity contribution is 0.432. The number of hydrogen-bond donors (Lipinski definition) is 0. The van der Waals surface area contributed by atoms with Gasteiger partial charge in [0.15, 0.2) is 5.65 Å². The minimum absolute atomic E-state index is 0.526. The van der Waals surface area contributed by atoms with Crippen LogP contribution < -0.4 is 0 Å². The van der Waals surface area contributed by atoms with Crippen LogP contribution in [0.4, 0.5) is 0 Å². The van der Waals surface area contributed by atoms with Crippen LogP contribution in [-0.2, 0) is 0 Å². The van der Waals surface area contributed by atoms with Gasteiger partial charge in [0, 0.05) is 17.3 Å². The quantitative estimate of drug-likeness (QED) is 0.568. The molecule has 1 aromatic carbocycles. The van der Waals surface area contributed by atoms with Gasteiger partial charge in [-0.15, -0.1) is 10.2 Å². The fraction of sp³-hybridized carbons (Fsp3) is 0.176. The summed E-state index contributed by atoms with van der Waals surface area (Å²) in [6.07, 6.45) is 1.92. The zero-order valence-corrected chi connectivity index (χ0v) is 13.1. The van der Waals surface area contributed by atoms with Gasteiger partial charge < -0.3 is 4.52 Å². The summed E-state index contributed by atoms with van der Waals surface area (Å²) in [7, 11) is 0. The van der Waals surface area contributed by atoms with Gasteiger partial charge in [-0.25, -0.2) is 0 Å². The van der Waals surface area contributed by atoms with Gasteiger partial charge in [-0.3, -0.25) is 4.40 Å². The van der Waals surface area contributed by atoms with Crippen molar-refractivity contribution in [3.63, 3.8) is 0 Å². The number of pyridine rings is 1. The molecular weight excluding hydrogens is 290 g/mol. The lowest BCUT2D eigenvalue weighted by atomic mass is 10.1. The Labute approximate surface area is 132 Å². The number of hydrogen-bond acceptors (Lipinski definition) is 5. The normalized spacial score (nSPS) is 11.3. The lowest BCUT2D eigenvalue weighted by Crippen LogP contribution is -1.90. The molecule has 0 unspecified atom stereocenters. The van der Waals surface area contributed by atoms with Gasteiger partial charge in [0.2, 0.25) is 5.82 Å². The van der Waals surface area contributed by atoms with E-state index in [1.165, 1.54) is 5.56 Å². The molecule has 0 saturated heterocycles. The van der Waals surface area contributed by atoms with Gasteiger partial charge in [0.25, 0.3) is 5.89 Å². The Morgan fingerprint density at radius 1 is 1.00 bits per heavy atom. The highest BCUT2D eigenvalue weighted by Crippen LogP contribution is 2.25. The van der Waals surface area contributed by atoms with E-state index in [-0.39, 0.29) is 0 Å². The zero-order valence-electron chi connectivity index (χ0n) is 13.1. The second-order valence-electron chi connectivity index (χ2n) is 5.63. The summed E-state index contributed by atoms with van der Waals surface area (Å²) < 4.78 is 7.35. The Bertz CT molecular complexity index is 1010. The first kappa shape index (κ1) is 13.6. The van der Waals surface area contributed by atoms with Gasteiger partial charge in [-0.05, 0) is 44.5 Å². The van der Waals surface area contributed by atoms with E-state index in [1.54, 1.807) is 0 Å². The Morgan fingerprint density at radius 3 is 2.70 bits per heavy atom. The molecule has 4 aromatic rings. The van der Waals surface area contributed by atoms with E-state index in [4.69, 9.17) is 4.52 Å². The molecule has 23 heavy (non-hydrogen) atoms. The van der Waals surface area contributed by atoms with Crippen molar-refractivity contribution in [3.8, 4) is 22.8 Å². The Morgan fingerprint density at radius 2 is 1.87 bits per heavy atom. The summed E-state index contributed by atoms with van der Waals surface area (Å²) in [4.78, 5) is 4.53. The predicted molar refractivity (Wildman–Crippen MR) is 85.9 cm³/mol. The average molecular weight is 305 g/mol. The summed E-state index contributed by atoms with van der Waals surface area (Å²) in [5, 5.41) is 12.2. The molecule has 0 spiro atoms. The summed E-state index contributed by atoms with van der Waals surface area (Å²) in [5.74, 6) is 1.90. The lowest BCUT2D eigenvalue weighted by Gasteiger charge is -2.01. The monoisotopic (exact) mass is 305 g/mol. The molecule has 3 heterocycles. The Hall–Kier alpha value is -3.02. The Kier molecular flexibility index (Phi) is 2.97. The van der Waals surface area contributed by atoms with Crippen LogP contribution in [-0.4, -0.2) is 24.7 Å². The molecule has 0 radical (unpaired) electrons. The van der Waals surface area contributed by atoms with Gasteiger partial charge in [0.05, 0.1) is 0 Å². The maximum atomic E-state index is 5.45. The van der Waals surface area contributed by atoms with Crippen molar-refractivity contribution >= 4 is 5.65 Å². The summed E-state index contributed by atoms with van der Waals surface area (Å²) in [5.41, 5.74) is 4.94. The summed E-state index contributed by atoms with van der Waals surface area (Å²) in [6.45, 7) is 6.01. The van der Waals surface area contributed by atoms with Crippen LogP contribution in [0, 0.1) is 20.8 Å². The third-order valence-electron chi connectivity index (χ3n) is 3.87. The van der Waals surface area contributed by atoms with E-state index in [9.17, 15) is 0 Å². The highest BCUT2D eigenvalue weighted by atomic mass is 16.5. The van der Waals surface area contributed by atoms with Crippen molar-refractivity contribution in [2.24, 2.45) is 0 Å². The first-order chi connectivity index (χ1) is 11.1. The molecule has 6 nitrogen and oxygen atoms in total. The molecule has 0 N–H and O–H groups in total. The van der Waals surface area contributed by atoms with Gasteiger partial charge in [-0.2, -0.15) is 4.98 Å². The number of rotatable bonds is 2. The van der Waals surface area contributed by atoms with E-state index < -0.39 is 0 Å². The third kappa shape index (κ3) is 2.28. The molecular formula is C17H15N5O. The largest absolute Gasteiger partial charge is 0.334 e. The van der Waals surface area contributed by atoms with Crippen molar-refractivity contribution < 1.29 is 4.52 Å². The second kappa shape index (κ2) is 5.01. The van der Waals surface area contributed by atoms with Crippen molar-refractivity contribution in [2.75, 3.05) is 0 Å². The van der Waals surface area contributed by atoms with Crippen LogP contribution in [0.1, 0.15) is 17.0 Å². The van der Waals surface area contributed by atoms with Gasteiger partial charge in [0.1, 0.15) is 5.82 Å². The first-order valence-corrected chi connectivity index (χ1v) is 7.35. The number of fused-ring (bicyclic) bond motifs is 1. The third-order valence-corrected chi connectivity index (χ3v) is 3.87. The summed E-state index contributed by atoms with van der Waals surface area (Å²) >= 11 is 0. The fourth-order valence-corrected chi connectivity index (χ4v) is 2.64. The van der Waals surface area contributed by atoms with Crippen LogP contribution in [0.3, 0.4) is 0 Å². The van der Waals surface area contributed by atoms with Crippen LogP contribution in [0.15, 0.2) is 41.1 Å². The molecule has 0 fully saturated rings. The molecule has 0 saturated carbocycles. The topological polar surface area (TPSA) is 69.1 Å². The highest BCUT2D eigenvalue weighted by Gasteiger charge is 2.13. The summed E-state index contributed by atoms with van der Waals surface area (Å²) in [6, 6.07) is 9.96. The van der Waals surface area contributed by atoms with Crippen LogP contribution >= 0.6 is 0 Å². The zero-order chi connectivity index (χ0) is 16.0. The number of aryl methyl sites for hydroxylation is 3. The SMILES string of the molecule is Cc1ccc(-c2nc(-c3ccc4nnc(C)n4c3)no2)c(C)c1. The number of benzene rings is 1. The van der Waals surface area contributed by atoms with Crippen molar-refractivity contribution in [2.45, 2.75) is 20.8 Å². The van der Waals surface area contributed by atoms with E-state index in [0.29, 0.717) is 11.7 Å². The standard InChI is InChI=1S/C17H15N5O/c1-10-4-6-14(11(2)8-10)17-18-16(21-23-17)13-5-7-15-20-19-12(3)22(15)9-13/h4-9H,1-3H3. The maximum Gasteiger partial charge on any atom is 0.258 e. The van der Waals surface area contributed by atoms with Crippen molar-refractivity contribution in [3.05, 3.63) is 53.5 Å². The first-order valence-electron chi connectivity index (χ1n) is 7.35. The van der Waals surface area contributed by atoms with Crippen LogP contribution in [0.25, 0.3) is 28.5 Å². The molecule has 0 aliphatic rings. The van der Waals surface area contributed by atoms with E-state index in [1.807, 2.05) is 48.7 Å². The molecule has 0 aliphatic heterocycles. The molecule has 6 heteroatoms. The average Bonchev–Trinajstić information content (AvgIpc) is 3.15. The highest BCUT2D eigenvalue weighted by molar-refractivity contribution is 5.63. The molecule has 0 aliphatic carbocycles. The van der Waals surface area contributed by atoms with E-state index >= 15 is 0 Å². The van der Waals surface area contributed by atoms with Gasteiger partial charge in [-0.1, -0.05) is 22.9 Å².